The van der Waals surface area contributed by atoms with E-state index in [2.05, 4.69) is 48.1 Å². The number of aromatic nitrogens is 2. The molecule has 0 fully saturated rings. The van der Waals surface area contributed by atoms with Crippen molar-refractivity contribution in [3.05, 3.63) is 59.9 Å². The van der Waals surface area contributed by atoms with Crippen LogP contribution in [0.1, 0.15) is 11.1 Å². The summed E-state index contributed by atoms with van der Waals surface area (Å²) >= 11 is 0. The average Bonchev–Trinajstić information content (AvgIpc) is 2.84. The number of aryl methyl sites for hydroxylation is 2. The Balaban J connectivity index is 2.13. The highest BCUT2D eigenvalue weighted by molar-refractivity contribution is 6.09. The SMILES string of the molecule is Cc1cc(C)cc(-c2ncnc3oc4ccccc4c23)c1. The van der Waals surface area contributed by atoms with Gasteiger partial charge < -0.3 is 4.42 Å². The van der Waals surface area contributed by atoms with E-state index in [4.69, 9.17) is 4.42 Å². The minimum Gasteiger partial charge on any atom is -0.438 e. The summed E-state index contributed by atoms with van der Waals surface area (Å²) in [4.78, 5) is 8.78. The van der Waals surface area contributed by atoms with Gasteiger partial charge in [0, 0.05) is 10.9 Å². The van der Waals surface area contributed by atoms with Crippen LogP contribution in [0.5, 0.6) is 0 Å². The first-order valence-corrected chi connectivity index (χ1v) is 6.93. The third-order valence-corrected chi connectivity index (χ3v) is 3.67. The van der Waals surface area contributed by atoms with Crippen LogP contribution in [-0.4, -0.2) is 9.97 Å². The van der Waals surface area contributed by atoms with E-state index in [0.717, 1.165) is 27.6 Å². The molecule has 0 saturated carbocycles. The van der Waals surface area contributed by atoms with Crippen LogP contribution in [0.4, 0.5) is 0 Å². The van der Waals surface area contributed by atoms with Crippen molar-refractivity contribution in [3.63, 3.8) is 0 Å². The van der Waals surface area contributed by atoms with Crippen molar-refractivity contribution in [1.82, 2.24) is 9.97 Å². The maximum atomic E-state index is 5.82. The molecule has 0 radical (unpaired) electrons. The molecule has 3 heteroatoms. The summed E-state index contributed by atoms with van der Waals surface area (Å²) in [5, 5.41) is 2.04. The first-order chi connectivity index (χ1) is 10.2. The molecule has 4 rings (SSSR count). The molecule has 102 valence electrons. The molecule has 0 aliphatic heterocycles. The van der Waals surface area contributed by atoms with Gasteiger partial charge in [-0.1, -0.05) is 35.4 Å². The van der Waals surface area contributed by atoms with Crippen molar-refractivity contribution in [2.24, 2.45) is 0 Å². The van der Waals surface area contributed by atoms with Crippen molar-refractivity contribution >= 4 is 22.1 Å². The maximum Gasteiger partial charge on any atom is 0.230 e. The monoisotopic (exact) mass is 274 g/mol. The number of fused-ring (bicyclic) bond motifs is 3. The summed E-state index contributed by atoms with van der Waals surface area (Å²) < 4.78 is 5.82. The number of para-hydroxylation sites is 1. The Labute approximate surface area is 122 Å². The smallest absolute Gasteiger partial charge is 0.230 e. The molecular weight excluding hydrogens is 260 g/mol. The van der Waals surface area contributed by atoms with Crippen molar-refractivity contribution in [3.8, 4) is 11.3 Å². The number of furan rings is 1. The summed E-state index contributed by atoms with van der Waals surface area (Å²) in [6.07, 6.45) is 1.57. The quantitative estimate of drug-likeness (QED) is 0.506. The third kappa shape index (κ3) is 1.89. The molecule has 0 aliphatic carbocycles. The number of benzene rings is 2. The maximum absolute atomic E-state index is 5.82. The lowest BCUT2D eigenvalue weighted by molar-refractivity contribution is 0.653. The molecule has 0 spiro atoms. The summed E-state index contributed by atoms with van der Waals surface area (Å²) in [6.45, 7) is 4.20. The Morgan fingerprint density at radius 1 is 0.905 bits per heavy atom. The van der Waals surface area contributed by atoms with Crippen LogP contribution in [0.25, 0.3) is 33.3 Å². The van der Waals surface area contributed by atoms with E-state index >= 15 is 0 Å². The summed E-state index contributed by atoms with van der Waals surface area (Å²) in [7, 11) is 0. The molecule has 0 aliphatic rings. The van der Waals surface area contributed by atoms with Crippen molar-refractivity contribution in [2.45, 2.75) is 13.8 Å². The first kappa shape index (κ1) is 12.1. The fraction of sp³-hybridized carbons (Fsp3) is 0.111. The van der Waals surface area contributed by atoms with Crippen molar-refractivity contribution in [1.29, 1.82) is 0 Å². The second-order valence-corrected chi connectivity index (χ2v) is 5.38. The zero-order valence-electron chi connectivity index (χ0n) is 11.9. The minimum atomic E-state index is 0.639. The van der Waals surface area contributed by atoms with Gasteiger partial charge in [0.15, 0.2) is 0 Å². The molecule has 2 aromatic heterocycles. The van der Waals surface area contributed by atoms with E-state index in [-0.39, 0.29) is 0 Å². The van der Waals surface area contributed by atoms with Crippen molar-refractivity contribution in [2.75, 3.05) is 0 Å². The normalized spacial score (nSPS) is 11.3. The molecule has 2 aromatic carbocycles. The molecule has 2 heterocycles. The molecule has 21 heavy (non-hydrogen) atoms. The lowest BCUT2D eigenvalue weighted by Gasteiger charge is -2.05. The predicted octanol–water partition coefficient (Wildman–Crippen LogP) is 4.66. The van der Waals surface area contributed by atoms with E-state index < -0.39 is 0 Å². The molecule has 0 saturated heterocycles. The lowest BCUT2D eigenvalue weighted by Crippen LogP contribution is -1.89. The first-order valence-electron chi connectivity index (χ1n) is 6.93. The molecule has 0 bridgehead atoms. The molecule has 0 unspecified atom stereocenters. The Morgan fingerprint density at radius 3 is 2.48 bits per heavy atom. The average molecular weight is 274 g/mol. The van der Waals surface area contributed by atoms with Crippen LogP contribution < -0.4 is 0 Å². The van der Waals surface area contributed by atoms with E-state index in [1.165, 1.54) is 11.1 Å². The fourth-order valence-electron chi connectivity index (χ4n) is 2.89. The molecule has 4 aromatic rings. The van der Waals surface area contributed by atoms with E-state index in [9.17, 15) is 0 Å². The van der Waals surface area contributed by atoms with Gasteiger partial charge in [-0.2, -0.15) is 0 Å². The van der Waals surface area contributed by atoms with Gasteiger partial charge in [0.05, 0.1) is 11.1 Å². The highest BCUT2D eigenvalue weighted by atomic mass is 16.3. The highest BCUT2D eigenvalue weighted by Gasteiger charge is 2.14. The Morgan fingerprint density at radius 2 is 1.67 bits per heavy atom. The van der Waals surface area contributed by atoms with Gasteiger partial charge in [-0.05, 0) is 32.0 Å². The summed E-state index contributed by atoms with van der Waals surface area (Å²) in [5.74, 6) is 0. The van der Waals surface area contributed by atoms with Crippen LogP contribution in [0, 0.1) is 13.8 Å². The van der Waals surface area contributed by atoms with Crippen molar-refractivity contribution < 1.29 is 4.42 Å². The third-order valence-electron chi connectivity index (χ3n) is 3.67. The van der Waals surface area contributed by atoms with Gasteiger partial charge in [-0.25, -0.2) is 9.97 Å². The Kier molecular flexibility index (Phi) is 2.54. The fourth-order valence-corrected chi connectivity index (χ4v) is 2.89. The van der Waals surface area contributed by atoms with Crippen LogP contribution in [0.2, 0.25) is 0 Å². The van der Waals surface area contributed by atoms with E-state index in [0.29, 0.717) is 5.71 Å². The largest absolute Gasteiger partial charge is 0.438 e. The number of hydrogen-bond donors (Lipinski definition) is 0. The van der Waals surface area contributed by atoms with Crippen LogP contribution in [0.3, 0.4) is 0 Å². The zero-order chi connectivity index (χ0) is 14.4. The van der Waals surface area contributed by atoms with Gasteiger partial charge >= 0.3 is 0 Å². The minimum absolute atomic E-state index is 0.639. The van der Waals surface area contributed by atoms with Gasteiger partial charge in [0.2, 0.25) is 5.71 Å². The summed E-state index contributed by atoms with van der Waals surface area (Å²) in [6, 6.07) is 14.5. The van der Waals surface area contributed by atoms with Gasteiger partial charge in [-0.15, -0.1) is 0 Å². The second-order valence-electron chi connectivity index (χ2n) is 5.38. The predicted molar refractivity (Wildman–Crippen MR) is 84.2 cm³/mol. The lowest BCUT2D eigenvalue weighted by atomic mass is 10.0. The van der Waals surface area contributed by atoms with E-state index in [1.54, 1.807) is 6.33 Å². The molecular formula is C18H14N2O. The number of nitrogens with zero attached hydrogens (tertiary/aromatic N) is 2. The number of rotatable bonds is 1. The highest BCUT2D eigenvalue weighted by Crippen LogP contribution is 2.34. The Bertz CT molecular complexity index is 949. The zero-order valence-corrected chi connectivity index (χ0v) is 11.9. The van der Waals surface area contributed by atoms with Gasteiger partial charge in [-0.3, -0.25) is 0 Å². The molecule has 0 N–H and O–H groups in total. The standard InChI is InChI=1S/C18H14N2O/c1-11-7-12(2)9-13(8-11)17-16-14-5-3-4-6-15(14)21-18(16)20-10-19-17/h3-10H,1-2H3. The van der Waals surface area contributed by atoms with Crippen LogP contribution in [-0.2, 0) is 0 Å². The number of hydrogen-bond acceptors (Lipinski definition) is 3. The van der Waals surface area contributed by atoms with Gasteiger partial charge in [0.25, 0.3) is 0 Å². The molecule has 0 atom stereocenters. The molecule has 0 amide bonds. The molecule has 3 nitrogen and oxygen atoms in total. The van der Waals surface area contributed by atoms with Crippen LogP contribution in [0.15, 0.2) is 53.2 Å². The summed E-state index contributed by atoms with van der Waals surface area (Å²) in [5.41, 5.74) is 5.97. The second kappa shape index (κ2) is 4.42. The van der Waals surface area contributed by atoms with E-state index in [1.807, 2.05) is 18.2 Å². The topological polar surface area (TPSA) is 38.9 Å². The Hall–Kier alpha value is -2.68. The van der Waals surface area contributed by atoms with Gasteiger partial charge in [0.1, 0.15) is 11.9 Å². The van der Waals surface area contributed by atoms with Crippen LogP contribution >= 0.6 is 0 Å².